The average Bonchev–Trinajstić information content (AvgIpc) is 2.17. The molecule has 3 heteroatoms. The molecule has 0 fully saturated rings. The molecule has 0 spiro atoms. The SMILES string of the molecule is CC(=O)OC1CCc2cc(C)ccc2S1. The molecule has 2 nitrogen and oxygen atoms in total. The topological polar surface area (TPSA) is 26.3 Å². The maximum absolute atomic E-state index is 10.8. The Hall–Kier alpha value is -0.960. The van der Waals surface area contributed by atoms with Crippen LogP contribution in [-0.2, 0) is 16.0 Å². The van der Waals surface area contributed by atoms with Crippen LogP contribution < -0.4 is 0 Å². The van der Waals surface area contributed by atoms with Gasteiger partial charge in [0.1, 0.15) is 0 Å². The fourth-order valence-corrected chi connectivity index (χ4v) is 2.92. The van der Waals surface area contributed by atoms with Gasteiger partial charge in [0.15, 0.2) is 5.44 Å². The Kier molecular flexibility index (Phi) is 3.00. The highest BCUT2D eigenvalue weighted by Gasteiger charge is 2.21. The molecule has 0 radical (unpaired) electrons. The van der Waals surface area contributed by atoms with E-state index in [1.165, 1.54) is 22.9 Å². The van der Waals surface area contributed by atoms with E-state index in [9.17, 15) is 4.79 Å². The lowest BCUT2D eigenvalue weighted by molar-refractivity contribution is -0.142. The van der Waals surface area contributed by atoms with E-state index in [-0.39, 0.29) is 11.4 Å². The van der Waals surface area contributed by atoms with Crippen LogP contribution in [0.3, 0.4) is 0 Å². The number of hydrogen-bond acceptors (Lipinski definition) is 3. The minimum atomic E-state index is -0.192. The van der Waals surface area contributed by atoms with Crippen molar-refractivity contribution in [1.29, 1.82) is 0 Å². The summed E-state index contributed by atoms with van der Waals surface area (Å²) in [5.74, 6) is -0.192. The quantitative estimate of drug-likeness (QED) is 0.683. The summed E-state index contributed by atoms with van der Waals surface area (Å²) >= 11 is 1.65. The highest BCUT2D eigenvalue weighted by atomic mass is 32.2. The van der Waals surface area contributed by atoms with Crippen LogP contribution >= 0.6 is 11.8 Å². The number of thioether (sulfide) groups is 1. The van der Waals surface area contributed by atoms with Gasteiger partial charge in [-0.15, -0.1) is 0 Å². The van der Waals surface area contributed by atoms with E-state index in [0.717, 1.165) is 12.8 Å². The summed E-state index contributed by atoms with van der Waals surface area (Å²) in [5, 5.41) is 0. The minimum absolute atomic E-state index is 0.00212. The molecule has 0 amide bonds. The van der Waals surface area contributed by atoms with E-state index in [1.807, 2.05) is 0 Å². The van der Waals surface area contributed by atoms with Crippen LogP contribution in [0.2, 0.25) is 0 Å². The molecule has 1 aromatic carbocycles. The van der Waals surface area contributed by atoms with Crippen molar-refractivity contribution in [2.75, 3.05) is 0 Å². The second-order valence-electron chi connectivity index (χ2n) is 3.81. The van der Waals surface area contributed by atoms with Gasteiger partial charge in [0.2, 0.25) is 0 Å². The molecule has 15 heavy (non-hydrogen) atoms. The molecule has 1 aliphatic rings. The van der Waals surface area contributed by atoms with Gasteiger partial charge in [-0.1, -0.05) is 29.5 Å². The lowest BCUT2D eigenvalue weighted by Crippen LogP contribution is -2.17. The highest BCUT2D eigenvalue weighted by Crippen LogP contribution is 2.36. The Bertz CT molecular complexity index is 387. The minimum Gasteiger partial charge on any atom is -0.451 e. The fourth-order valence-electron chi connectivity index (χ4n) is 1.76. The molecule has 0 saturated carbocycles. The van der Waals surface area contributed by atoms with Crippen molar-refractivity contribution >= 4 is 17.7 Å². The number of benzene rings is 1. The maximum Gasteiger partial charge on any atom is 0.303 e. The summed E-state index contributed by atoms with van der Waals surface area (Å²) in [6.07, 6.45) is 1.92. The third kappa shape index (κ3) is 2.53. The van der Waals surface area contributed by atoms with Crippen molar-refractivity contribution in [3.05, 3.63) is 29.3 Å². The van der Waals surface area contributed by atoms with Gasteiger partial charge >= 0.3 is 5.97 Å². The first-order valence-electron chi connectivity index (χ1n) is 5.08. The number of hydrogen-bond donors (Lipinski definition) is 0. The van der Waals surface area contributed by atoms with Crippen molar-refractivity contribution in [3.8, 4) is 0 Å². The molecular formula is C12H14O2S. The van der Waals surface area contributed by atoms with Crippen LogP contribution in [0.5, 0.6) is 0 Å². The van der Waals surface area contributed by atoms with E-state index in [0.29, 0.717) is 0 Å². The average molecular weight is 222 g/mol. The lowest BCUT2D eigenvalue weighted by Gasteiger charge is -2.23. The molecule has 0 aromatic heterocycles. The Morgan fingerprint density at radius 3 is 3.07 bits per heavy atom. The van der Waals surface area contributed by atoms with Gasteiger partial charge in [-0.25, -0.2) is 0 Å². The maximum atomic E-state index is 10.8. The van der Waals surface area contributed by atoms with Crippen LogP contribution in [0.25, 0.3) is 0 Å². The number of carbonyl (C=O) groups is 1. The van der Waals surface area contributed by atoms with E-state index in [2.05, 4.69) is 25.1 Å². The van der Waals surface area contributed by atoms with Gasteiger partial charge in [-0.2, -0.15) is 0 Å². The second kappa shape index (κ2) is 4.27. The zero-order valence-corrected chi connectivity index (χ0v) is 9.76. The first kappa shape index (κ1) is 10.6. The van der Waals surface area contributed by atoms with Crippen LogP contribution in [0.15, 0.2) is 23.1 Å². The van der Waals surface area contributed by atoms with Crippen molar-refractivity contribution < 1.29 is 9.53 Å². The Balaban J connectivity index is 2.13. The van der Waals surface area contributed by atoms with E-state index < -0.39 is 0 Å². The normalized spacial score (nSPS) is 19.5. The zero-order chi connectivity index (χ0) is 10.8. The monoisotopic (exact) mass is 222 g/mol. The van der Waals surface area contributed by atoms with E-state index in [1.54, 1.807) is 11.8 Å². The molecule has 1 unspecified atom stereocenters. The van der Waals surface area contributed by atoms with E-state index >= 15 is 0 Å². The Morgan fingerprint density at radius 1 is 1.53 bits per heavy atom. The van der Waals surface area contributed by atoms with Crippen LogP contribution in [0, 0.1) is 6.92 Å². The first-order chi connectivity index (χ1) is 7.15. The van der Waals surface area contributed by atoms with Crippen molar-refractivity contribution in [2.24, 2.45) is 0 Å². The molecule has 0 bridgehead atoms. The molecule has 2 rings (SSSR count). The summed E-state index contributed by atoms with van der Waals surface area (Å²) in [6.45, 7) is 3.56. The van der Waals surface area contributed by atoms with Gasteiger partial charge in [0.05, 0.1) is 0 Å². The van der Waals surface area contributed by atoms with Crippen molar-refractivity contribution in [3.63, 3.8) is 0 Å². The summed E-state index contributed by atoms with van der Waals surface area (Å²) < 4.78 is 5.20. The standard InChI is InChI=1S/C12H14O2S/c1-8-3-5-11-10(7-8)4-6-12(15-11)14-9(2)13/h3,5,7,12H,4,6H2,1-2H3. The molecule has 1 aromatic rings. The van der Waals surface area contributed by atoms with Crippen molar-refractivity contribution in [1.82, 2.24) is 0 Å². The van der Waals surface area contributed by atoms with Gasteiger partial charge in [-0.3, -0.25) is 4.79 Å². The number of esters is 1. The van der Waals surface area contributed by atoms with Crippen LogP contribution in [0.4, 0.5) is 0 Å². The molecule has 1 atom stereocenters. The molecule has 1 aliphatic heterocycles. The molecule has 0 N–H and O–H groups in total. The summed E-state index contributed by atoms with van der Waals surface area (Å²) in [4.78, 5) is 12.1. The van der Waals surface area contributed by atoms with Gasteiger partial charge in [0.25, 0.3) is 0 Å². The third-order valence-corrected chi connectivity index (χ3v) is 3.67. The van der Waals surface area contributed by atoms with Crippen molar-refractivity contribution in [2.45, 2.75) is 37.0 Å². The summed E-state index contributed by atoms with van der Waals surface area (Å²) in [7, 11) is 0. The third-order valence-electron chi connectivity index (χ3n) is 2.42. The first-order valence-corrected chi connectivity index (χ1v) is 5.96. The number of rotatable bonds is 1. The second-order valence-corrected chi connectivity index (χ2v) is 5.01. The predicted molar refractivity (Wildman–Crippen MR) is 60.9 cm³/mol. The number of aryl methyl sites for hydroxylation is 2. The molecular weight excluding hydrogens is 208 g/mol. The lowest BCUT2D eigenvalue weighted by atomic mass is 10.1. The fraction of sp³-hybridized carbons (Fsp3) is 0.417. The smallest absolute Gasteiger partial charge is 0.303 e. The highest BCUT2D eigenvalue weighted by molar-refractivity contribution is 7.99. The zero-order valence-electron chi connectivity index (χ0n) is 8.95. The molecule has 0 saturated heterocycles. The summed E-state index contributed by atoms with van der Waals surface area (Å²) in [5.41, 5.74) is 2.67. The Labute approximate surface area is 94.0 Å². The van der Waals surface area contributed by atoms with E-state index in [4.69, 9.17) is 4.74 Å². The molecule has 0 aliphatic carbocycles. The van der Waals surface area contributed by atoms with Gasteiger partial charge in [0, 0.05) is 11.8 Å². The molecule has 80 valence electrons. The molecule has 1 heterocycles. The van der Waals surface area contributed by atoms with Crippen LogP contribution in [0.1, 0.15) is 24.5 Å². The number of ether oxygens (including phenoxy) is 1. The van der Waals surface area contributed by atoms with Gasteiger partial charge < -0.3 is 4.74 Å². The number of carbonyl (C=O) groups excluding carboxylic acids is 1. The van der Waals surface area contributed by atoms with Crippen LogP contribution in [-0.4, -0.2) is 11.4 Å². The summed E-state index contributed by atoms with van der Waals surface area (Å²) in [6, 6.07) is 6.43. The Morgan fingerprint density at radius 2 is 2.33 bits per heavy atom. The largest absolute Gasteiger partial charge is 0.451 e. The predicted octanol–water partition coefficient (Wildman–Crippen LogP) is 2.92. The number of fused-ring (bicyclic) bond motifs is 1. The van der Waals surface area contributed by atoms with Gasteiger partial charge in [-0.05, 0) is 31.4 Å².